The number of carbonyl (C=O) groups excluding carboxylic acids is 2. The Morgan fingerprint density at radius 2 is 1.88 bits per heavy atom. The molecule has 3 N–H and O–H groups in total. The van der Waals surface area contributed by atoms with Crippen molar-refractivity contribution in [1.82, 2.24) is 10.2 Å². The number of ether oxygens (including phenoxy) is 1. The molecule has 1 atom stereocenters. The highest BCUT2D eigenvalue weighted by Crippen LogP contribution is 2.20. The van der Waals surface area contributed by atoms with Gasteiger partial charge in [-0.3, -0.25) is 4.79 Å². The molecule has 1 saturated heterocycles. The molecule has 0 radical (unpaired) electrons. The Morgan fingerprint density at radius 3 is 2.62 bits per heavy atom. The number of hydrogen-bond donors (Lipinski definition) is 2. The van der Waals surface area contributed by atoms with Crippen molar-refractivity contribution in [2.75, 3.05) is 19.6 Å². The molecule has 0 aromatic rings. The van der Waals surface area contributed by atoms with E-state index in [4.69, 9.17) is 10.5 Å². The molecule has 6 nitrogen and oxygen atoms in total. The summed E-state index contributed by atoms with van der Waals surface area (Å²) < 4.78 is 5.43. The molecule has 24 heavy (non-hydrogen) atoms. The molecule has 0 aliphatic carbocycles. The van der Waals surface area contributed by atoms with Gasteiger partial charge in [-0.25, -0.2) is 4.79 Å². The van der Waals surface area contributed by atoms with Gasteiger partial charge in [-0.1, -0.05) is 39.0 Å². The van der Waals surface area contributed by atoms with E-state index in [9.17, 15) is 9.59 Å². The Morgan fingerprint density at radius 1 is 1.12 bits per heavy atom. The van der Waals surface area contributed by atoms with Gasteiger partial charge in [0.1, 0.15) is 0 Å². The van der Waals surface area contributed by atoms with Crippen LogP contribution in [0.3, 0.4) is 0 Å². The molecule has 0 saturated carbocycles. The van der Waals surface area contributed by atoms with Gasteiger partial charge < -0.3 is 20.7 Å². The first-order valence-electron chi connectivity index (χ1n) is 9.63. The molecule has 0 unspecified atom stereocenters. The molecule has 1 rings (SSSR count). The minimum Gasteiger partial charge on any atom is -0.425 e. The first-order chi connectivity index (χ1) is 11.7. The highest BCUT2D eigenvalue weighted by atomic mass is 16.6. The first-order valence-corrected chi connectivity index (χ1v) is 9.63. The fraction of sp³-hybridized carbons (Fsp3) is 0.889. The molecule has 2 amide bonds. The Hall–Kier alpha value is -1.30. The zero-order valence-corrected chi connectivity index (χ0v) is 15.2. The van der Waals surface area contributed by atoms with Gasteiger partial charge >= 0.3 is 6.09 Å². The van der Waals surface area contributed by atoms with Crippen molar-refractivity contribution in [3.05, 3.63) is 0 Å². The summed E-state index contributed by atoms with van der Waals surface area (Å²) in [5.41, 5.74) is 5.43. The van der Waals surface area contributed by atoms with Crippen LogP contribution in [0.25, 0.3) is 0 Å². The quantitative estimate of drug-likeness (QED) is 0.534. The average Bonchev–Trinajstić information content (AvgIpc) is 3.02. The van der Waals surface area contributed by atoms with Gasteiger partial charge in [0.2, 0.25) is 5.91 Å². The predicted octanol–water partition coefficient (Wildman–Crippen LogP) is 3.15. The van der Waals surface area contributed by atoms with Crippen LogP contribution in [0, 0.1) is 0 Å². The van der Waals surface area contributed by atoms with Gasteiger partial charge in [0.25, 0.3) is 0 Å². The number of rotatable bonds is 12. The number of carbonyl (C=O) groups is 2. The zero-order chi connectivity index (χ0) is 17.6. The minimum atomic E-state index is -0.421. The second kappa shape index (κ2) is 13.0. The maximum atomic E-state index is 12.3. The Kier molecular flexibility index (Phi) is 11.3. The van der Waals surface area contributed by atoms with Crippen LogP contribution in [0.2, 0.25) is 0 Å². The summed E-state index contributed by atoms with van der Waals surface area (Å²) in [6.07, 6.45) is 9.91. The molecule has 0 bridgehead atoms. The number of likely N-dealkylation sites (tertiary alicyclic amines) is 1. The standard InChI is InChI=1S/C18H35N3O3/c1-2-3-4-5-7-11-16(22)21-15-10-12-17(21)24-18(23)20-14-9-6-8-13-19/h17H,2-15,19H2,1H3,(H,20,23)/t17-/m0/s1. The van der Waals surface area contributed by atoms with Crippen LogP contribution in [0.15, 0.2) is 0 Å². The molecular weight excluding hydrogens is 306 g/mol. The normalized spacial score (nSPS) is 17.1. The number of alkyl carbamates (subject to hydrolysis) is 1. The van der Waals surface area contributed by atoms with E-state index < -0.39 is 12.3 Å². The summed E-state index contributed by atoms with van der Waals surface area (Å²) in [4.78, 5) is 25.9. The fourth-order valence-electron chi connectivity index (χ4n) is 2.97. The van der Waals surface area contributed by atoms with Crippen molar-refractivity contribution in [2.24, 2.45) is 5.73 Å². The van der Waals surface area contributed by atoms with E-state index in [1.54, 1.807) is 4.90 Å². The highest BCUT2D eigenvalue weighted by molar-refractivity contribution is 5.77. The van der Waals surface area contributed by atoms with Gasteiger partial charge in [0, 0.05) is 25.9 Å². The van der Waals surface area contributed by atoms with Crippen LogP contribution in [-0.2, 0) is 9.53 Å². The van der Waals surface area contributed by atoms with Crippen LogP contribution in [0.1, 0.15) is 77.6 Å². The van der Waals surface area contributed by atoms with Gasteiger partial charge in [0.05, 0.1) is 0 Å². The largest absolute Gasteiger partial charge is 0.425 e. The lowest BCUT2D eigenvalue weighted by atomic mass is 10.1. The number of nitrogens with two attached hydrogens (primary N) is 1. The lowest BCUT2D eigenvalue weighted by molar-refractivity contribution is -0.138. The molecule has 1 heterocycles. The maximum absolute atomic E-state index is 12.3. The summed E-state index contributed by atoms with van der Waals surface area (Å²) >= 11 is 0. The van der Waals surface area contributed by atoms with E-state index in [0.29, 0.717) is 26.1 Å². The number of nitrogens with one attached hydrogen (secondary N) is 1. The summed E-state index contributed by atoms with van der Waals surface area (Å²) in [7, 11) is 0. The highest BCUT2D eigenvalue weighted by Gasteiger charge is 2.31. The van der Waals surface area contributed by atoms with E-state index in [1.165, 1.54) is 19.3 Å². The predicted molar refractivity (Wildman–Crippen MR) is 95.5 cm³/mol. The lowest BCUT2D eigenvalue weighted by Gasteiger charge is -2.24. The molecule has 140 valence electrons. The fourth-order valence-corrected chi connectivity index (χ4v) is 2.97. The van der Waals surface area contributed by atoms with Crippen molar-refractivity contribution in [3.8, 4) is 0 Å². The number of nitrogens with zero attached hydrogens (tertiary/aromatic N) is 1. The maximum Gasteiger partial charge on any atom is 0.409 e. The zero-order valence-electron chi connectivity index (χ0n) is 15.2. The van der Waals surface area contributed by atoms with Crippen molar-refractivity contribution in [2.45, 2.75) is 83.8 Å². The van der Waals surface area contributed by atoms with E-state index in [2.05, 4.69) is 12.2 Å². The summed E-state index contributed by atoms with van der Waals surface area (Å²) in [6, 6.07) is 0. The van der Waals surface area contributed by atoms with E-state index >= 15 is 0 Å². The second-order valence-electron chi connectivity index (χ2n) is 6.53. The third-order valence-electron chi connectivity index (χ3n) is 4.41. The smallest absolute Gasteiger partial charge is 0.409 e. The van der Waals surface area contributed by atoms with Crippen LogP contribution >= 0.6 is 0 Å². The first kappa shape index (κ1) is 20.7. The van der Waals surface area contributed by atoms with Crippen LogP contribution < -0.4 is 11.1 Å². The number of amides is 2. The minimum absolute atomic E-state index is 0.116. The molecule has 0 spiro atoms. The Labute approximate surface area is 146 Å². The van der Waals surface area contributed by atoms with Gasteiger partial charge in [0.15, 0.2) is 6.23 Å². The number of hydrogen-bond acceptors (Lipinski definition) is 4. The molecule has 1 aliphatic heterocycles. The molecule has 0 aromatic carbocycles. The number of unbranched alkanes of at least 4 members (excludes halogenated alkanes) is 6. The molecule has 6 heteroatoms. The summed E-state index contributed by atoms with van der Waals surface area (Å²) in [5.74, 6) is 0.116. The molecular formula is C18H35N3O3. The lowest BCUT2D eigenvalue weighted by Crippen LogP contribution is -2.40. The third kappa shape index (κ3) is 8.52. The second-order valence-corrected chi connectivity index (χ2v) is 6.53. The topological polar surface area (TPSA) is 84.7 Å². The van der Waals surface area contributed by atoms with Crippen LogP contribution in [0.5, 0.6) is 0 Å². The third-order valence-corrected chi connectivity index (χ3v) is 4.41. The van der Waals surface area contributed by atoms with Crippen LogP contribution in [-0.4, -0.2) is 42.8 Å². The van der Waals surface area contributed by atoms with Gasteiger partial charge in [-0.05, 0) is 32.2 Å². The Balaban J connectivity index is 2.21. The van der Waals surface area contributed by atoms with E-state index in [1.807, 2.05) is 0 Å². The molecule has 1 aliphatic rings. The summed E-state index contributed by atoms with van der Waals surface area (Å²) in [6.45, 7) is 4.15. The van der Waals surface area contributed by atoms with E-state index in [0.717, 1.165) is 44.9 Å². The van der Waals surface area contributed by atoms with E-state index in [-0.39, 0.29) is 5.91 Å². The van der Waals surface area contributed by atoms with Gasteiger partial charge in [-0.2, -0.15) is 0 Å². The van der Waals surface area contributed by atoms with Crippen molar-refractivity contribution < 1.29 is 14.3 Å². The van der Waals surface area contributed by atoms with Crippen molar-refractivity contribution in [1.29, 1.82) is 0 Å². The molecule has 0 aromatic heterocycles. The van der Waals surface area contributed by atoms with Gasteiger partial charge in [-0.15, -0.1) is 0 Å². The monoisotopic (exact) mass is 341 g/mol. The SMILES string of the molecule is CCCCCCCC(=O)N1CCC[C@@H]1OC(=O)NCCCCCN. The van der Waals surface area contributed by atoms with Crippen LogP contribution in [0.4, 0.5) is 4.79 Å². The summed E-state index contributed by atoms with van der Waals surface area (Å²) in [5, 5.41) is 2.75. The Bertz CT molecular complexity index is 363. The van der Waals surface area contributed by atoms with Crippen molar-refractivity contribution >= 4 is 12.0 Å². The molecule has 1 fully saturated rings. The van der Waals surface area contributed by atoms with Crippen molar-refractivity contribution in [3.63, 3.8) is 0 Å². The average molecular weight is 341 g/mol.